The number of amides is 1. The Bertz CT molecular complexity index is 212. The fourth-order valence-electron chi connectivity index (χ4n) is 1.69. The van der Waals surface area contributed by atoms with Crippen LogP contribution in [0.25, 0.3) is 0 Å². The standard InChI is InChI=1S/C8H13FN2O2/c9-5-3-13-4-7(5)11-6-1-2-10-8(6)12/h5-7,11H,1-4H2,(H,10,12). The Hall–Kier alpha value is -0.680. The number of rotatable bonds is 2. The Kier molecular flexibility index (Phi) is 2.46. The number of ether oxygens (including phenoxy) is 1. The number of nitrogens with one attached hydrogen (secondary N) is 2. The first kappa shape index (κ1) is 8.90. The van der Waals surface area contributed by atoms with Crippen LogP contribution < -0.4 is 10.6 Å². The fraction of sp³-hybridized carbons (Fsp3) is 0.875. The van der Waals surface area contributed by atoms with Gasteiger partial charge in [0.2, 0.25) is 5.91 Å². The van der Waals surface area contributed by atoms with Gasteiger partial charge in [0.25, 0.3) is 0 Å². The lowest BCUT2D eigenvalue weighted by Crippen LogP contribution is -2.46. The van der Waals surface area contributed by atoms with Crippen molar-refractivity contribution in [3.8, 4) is 0 Å². The third-order valence-corrected chi connectivity index (χ3v) is 2.48. The summed E-state index contributed by atoms with van der Waals surface area (Å²) >= 11 is 0. The molecule has 0 spiro atoms. The molecule has 3 atom stereocenters. The van der Waals surface area contributed by atoms with Crippen molar-refractivity contribution in [2.45, 2.75) is 24.7 Å². The molecule has 3 unspecified atom stereocenters. The maximum atomic E-state index is 13.0. The topological polar surface area (TPSA) is 50.4 Å². The molecule has 0 bridgehead atoms. The van der Waals surface area contributed by atoms with E-state index in [1.54, 1.807) is 0 Å². The molecule has 4 nitrogen and oxygen atoms in total. The lowest BCUT2D eigenvalue weighted by atomic mass is 10.1. The van der Waals surface area contributed by atoms with E-state index in [1.807, 2.05) is 0 Å². The van der Waals surface area contributed by atoms with Gasteiger partial charge in [0.15, 0.2) is 0 Å². The highest BCUT2D eigenvalue weighted by molar-refractivity contribution is 5.83. The van der Waals surface area contributed by atoms with Gasteiger partial charge >= 0.3 is 0 Å². The molecule has 74 valence electrons. The maximum absolute atomic E-state index is 13.0. The Morgan fingerprint density at radius 1 is 1.54 bits per heavy atom. The molecule has 0 aromatic heterocycles. The quantitative estimate of drug-likeness (QED) is 0.596. The molecule has 0 aliphatic carbocycles. The van der Waals surface area contributed by atoms with Gasteiger partial charge in [-0.15, -0.1) is 0 Å². The molecule has 0 aromatic carbocycles. The zero-order valence-corrected chi connectivity index (χ0v) is 7.25. The van der Waals surface area contributed by atoms with Crippen LogP contribution in [0, 0.1) is 0 Å². The minimum absolute atomic E-state index is 0.0286. The number of halogens is 1. The number of carbonyl (C=O) groups is 1. The largest absolute Gasteiger partial charge is 0.377 e. The number of hydrogen-bond acceptors (Lipinski definition) is 3. The summed E-state index contributed by atoms with van der Waals surface area (Å²) in [4.78, 5) is 11.1. The zero-order chi connectivity index (χ0) is 9.26. The molecule has 2 saturated heterocycles. The van der Waals surface area contributed by atoms with Crippen molar-refractivity contribution in [1.29, 1.82) is 0 Å². The van der Waals surface area contributed by atoms with Gasteiger partial charge in [-0.05, 0) is 6.42 Å². The first-order chi connectivity index (χ1) is 6.27. The molecule has 13 heavy (non-hydrogen) atoms. The third kappa shape index (κ3) is 1.81. The van der Waals surface area contributed by atoms with Gasteiger partial charge in [-0.2, -0.15) is 0 Å². The van der Waals surface area contributed by atoms with Gasteiger partial charge in [-0.3, -0.25) is 10.1 Å². The van der Waals surface area contributed by atoms with E-state index >= 15 is 0 Å². The highest BCUT2D eigenvalue weighted by Crippen LogP contribution is 2.11. The predicted molar refractivity (Wildman–Crippen MR) is 44.1 cm³/mol. The smallest absolute Gasteiger partial charge is 0.237 e. The summed E-state index contributed by atoms with van der Waals surface area (Å²) in [6.45, 7) is 1.19. The van der Waals surface area contributed by atoms with Crippen LogP contribution in [-0.2, 0) is 9.53 Å². The molecule has 1 amide bonds. The molecule has 5 heteroatoms. The lowest BCUT2D eigenvalue weighted by molar-refractivity contribution is -0.121. The molecule has 2 fully saturated rings. The van der Waals surface area contributed by atoms with Crippen LogP contribution in [0.1, 0.15) is 6.42 Å². The summed E-state index contributed by atoms with van der Waals surface area (Å²) in [5, 5.41) is 5.66. The SMILES string of the molecule is O=C1NCCC1NC1COCC1F. The highest BCUT2D eigenvalue weighted by atomic mass is 19.1. The van der Waals surface area contributed by atoms with Crippen molar-refractivity contribution in [1.82, 2.24) is 10.6 Å². The second kappa shape index (κ2) is 3.59. The van der Waals surface area contributed by atoms with Crippen molar-refractivity contribution in [3.05, 3.63) is 0 Å². The van der Waals surface area contributed by atoms with Crippen LogP contribution in [0.15, 0.2) is 0 Å². The first-order valence-electron chi connectivity index (χ1n) is 4.53. The second-order valence-electron chi connectivity index (χ2n) is 3.46. The van der Waals surface area contributed by atoms with Gasteiger partial charge in [-0.25, -0.2) is 4.39 Å². The van der Waals surface area contributed by atoms with Crippen LogP contribution in [0.5, 0.6) is 0 Å². The molecule has 2 rings (SSSR count). The minimum atomic E-state index is -0.978. The van der Waals surface area contributed by atoms with Crippen molar-refractivity contribution < 1.29 is 13.9 Å². The summed E-state index contributed by atoms with van der Waals surface area (Å²) in [6.07, 6.45) is -0.240. The van der Waals surface area contributed by atoms with Crippen molar-refractivity contribution in [3.63, 3.8) is 0 Å². The molecule has 2 N–H and O–H groups in total. The maximum Gasteiger partial charge on any atom is 0.237 e. The molecular formula is C8H13FN2O2. The van der Waals surface area contributed by atoms with Crippen LogP contribution in [0.3, 0.4) is 0 Å². The van der Waals surface area contributed by atoms with E-state index in [2.05, 4.69) is 10.6 Å². The lowest BCUT2D eigenvalue weighted by Gasteiger charge is -2.16. The fourth-order valence-corrected chi connectivity index (χ4v) is 1.69. The molecular weight excluding hydrogens is 175 g/mol. The average Bonchev–Trinajstić information content (AvgIpc) is 2.65. The van der Waals surface area contributed by atoms with E-state index in [1.165, 1.54) is 0 Å². The van der Waals surface area contributed by atoms with E-state index in [4.69, 9.17) is 4.74 Å². The summed E-state index contributed by atoms with van der Waals surface area (Å²) in [5.74, 6) is -0.0286. The molecule has 2 heterocycles. The molecule has 2 aliphatic heterocycles. The van der Waals surface area contributed by atoms with E-state index < -0.39 is 6.17 Å². The molecule has 0 radical (unpaired) electrons. The number of alkyl halides is 1. The van der Waals surface area contributed by atoms with Gasteiger partial charge in [-0.1, -0.05) is 0 Å². The summed E-state index contributed by atoms with van der Waals surface area (Å²) < 4.78 is 18.0. The highest BCUT2D eigenvalue weighted by Gasteiger charge is 2.33. The van der Waals surface area contributed by atoms with Crippen LogP contribution in [-0.4, -0.2) is 43.9 Å². The minimum Gasteiger partial charge on any atom is -0.377 e. The van der Waals surface area contributed by atoms with E-state index in [9.17, 15) is 9.18 Å². The van der Waals surface area contributed by atoms with Crippen molar-refractivity contribution >= 4 is 5.91 Å². The Balaban J connectivity index is 1.86. The monoisotopic (exact) mass is 188 g/mol. The van der Waals surface area contributed by atoms with Crippen LogP contribution in [0.4, 0.5) is 4.39 Å². The van der Waals surface area contributed by atoms with Gasteiger partial charge < -0.3 is 10.1 Å². The Labute approximate surface area is 75.8 Å². The number of hydrogen-bond donors (Lipinski definition) is 2. The van der Waals surface area contributed by atoms with E-state index in [0.29, 0.717) is 13.2 Å². The van der Waals surface area contributed by atoms with E-state index in [0.717, 1.165) is 6.42 Å². The third-order valence-electron chi connectivity index (χ3n) is 2.48. The van der Waals surface area contributed by atoms with Gasteiger partial charge in [0, 0.05) is 6.54 Å². The normalized spacial score (nSPS) is 39.5. The molecule has 0 saturated carbocycles. The summed E-state index contributed by atoms with van der Waals surface area (Å²) in [6, 6.07) is -0.543. The van der Waals surface area contributed by atoms with Crippen molar-refractivity contribution in [2.24, 2.45) is 0 Å². The van der Waals surface area contributed by atoms with E-state index in [-0.39, 0.29) is 24.6 Å². The number of carbonyl (C=O) groups excluding carboxylic acids is 1. The van der Waals surface area contributed by atoms with Crippen molar-refractivity contribution in [2.75, 3.05) is 19.8 Å². The zero-order valence-electron chi connectivity index (χ0n) is 7.25. The second-order valence-corrected chi connectivity index (χ2v) is 3.46. The predicted octanol–water partition coefficient (Wildman–Crippen LogP) is -0.799. The van der Waals surface area contributed by atoms with Gasteiger partial charge in [0.1, 0.15) is 6.17 Å². The summed E-state index contributed by atoms with van der Waals surface area (Å²) in [5.41, 5.74) is 0. The van der Waals surface area contributed by atoms with Crippen LogP contribution in [0.2, 0.25) is 0 Å². The van der Waals surface area contributed by atoms with Gasteiger partial charge in [0.05, 0.1) is 25.3 Å². The van der Waals surface area contributed by atoms with Crippen LogP contribution >= 0.6 is 0 Å². The Morgan fingerprint density at radius 3 is 2.92 bits per heavy atom. The molecule has 2 aliphatic rings. The Morgan fingerprint density at radius 2 is 2.38 bits per heavy atom. The first-order valence-corrected chi connectivity index (χ1v) is 4.53. The summed E-state index contributed by atoms with van der Waals surface area (Å²) in [7, 11) is 0. The molecule has 0 aromatic rings. The average molecular weight is 188 g/mol.